The van der Waals surface area contributed by atoms with Crippen molar-refractivity contribution in [1.82, 2.24) is 15.0 Å². The molecule has 1 aromatic heterocycles. The molecule has 3 heterocycles. The SMILES string of the molecule is CC(=O)C=C1CCN(c2ccc(N3C[C@H](Cn4ccnn4)OC3=O)cc2F)CC1. The molecule has 2 aliphatic rings. The van der Waals surface area contributed by atoms with Crippen LogP contribution < -0.4 is 9.80 Å². The zero-order valence-corrected chi connectivity index (χ0v) is 16.1. The number of hydrogen-bond acceptors (Lipinski definition) is 6. The number of nitrogens with zero attached hydrogens (tertiary/aromatic N) is 5. The van der Waals surface area contributed by atoms with Gasteiger partial charge in [-0.05, 0) is 44.0 Å². The van der Waals surface area contributed by atoms with Crippen LogP contribution in [0.3, 0.4) is 0 Å². The fraction of sp³-hybridized carbons (Fsp3) is 0.400. The van der Waals surface area contributed by atoms with E-state index in [-0.39, 0.29) is 17.7 Å². The molecule has 0 saturated carbocycles. The van der Waals surface area contributed by atoms with Gasteiger partial charge >= 0.3 is 6.09 Å². The molecular weight excluding hydrogens is 377 g/mol. The molecule has 1 atom stereocenters. The van der Waals surface area contributed by atoms with Gasteiger partial charge in [0.25, 0.3) is 0 Å². The lowest BCUT2D eigenvalue weighted by atomic mass is 10.0. The summed E-state index contributed by atoms with van der Waals surface area (Å²) in [5, 5.41) is 7.60. The van der Waals surface area contributed by atoms with Crippen LogP contribution in [0.15, 0.2) is 42.2 Å². The van der Waals surface area contributed by atoms with Crippen molar-refractivity contribution < 1.29 is 18.7 Å². The van der Waals surface area contributed by atoms with Gasteiger partial charge in [-0.2, -0.15) is 0 Å². The molecule has 1 aromatic carbocycles. The van der Waals surface area contributed by atoms with E-state index in [2.05, 4.69) is 10.3 Å². The lowest BCUT2D eigenvalue weighted by Crippen LogP contribution is -2.31. The molecule has 0 radical (unpaired) electrons. The topological polar surface area (TPSA) is 80.6 Å². The minimum atomic E-state index is -0.501. The Kier molecular flexibility index (Phi) is 5.28. The van der Waals surface area contributed by atoms with Gasteiger partial charge in [0.1, 0.15) is 11.9 Å². The largest absolute Gasteiger partial charge is 0.442 e. The standard InChI is InChI=1S/C20H22FN5O3/c1-14(27)10-15-4-7-24(8-5-15)19-3-2-16(11-18(19)21)26-13-17(29-20(26)28)12-25-9-6-22-23-25/h2-3,6,9-11,17H,4-5,7-8,12-13H2,1H3/t17-/m0/s1. The molecule has 2 aliphatic heterocycles. The Morgan fingerprint density at radius 3 is 2.79 bits per heavy atom. The normalized spacial score (nSPS) is 19.4. The first kappa shape index (κ1) is 19.1. The molecule has 0 aliphatic carbocycles. The van der Waals surface area contributed by atoms with E-state index in [1.54, 1.807) is 35.3 Å². The maximum absolute atomic E-state index is 14.8. The second kappa shape index (κ2) is 8.02. The van der Waals surface area contributed by atoms with Crippen molar-refractivity contribution in [3.05, 3.63) is 48.1 Å². The molecule has 2 aromatic rings. The molecule has 8 nitrogen and oxygen atoms in total. The monoisotopic (exact) mass is 399 g/mol. The molecule has 1 amide bonds. The number of carbonyl (C=O) groups is 2. The highest BCUT2D eigenvalue weighted by Crippen LogP contribution is 2.30. The summed E-state index contributed by atoms with van der Waals surface area (Å²) in [6.45, 7) is 3.56. The second-order valence-corrected chi connectivity index (χ2v) is 7.28. The number of cyclic esters (lactones) is 1. The minimum Gasteiger partial charge on any atom is -0.442 e. The second-order valence-electron chi connectivity index (χ2n) is 7.28. The van der Waals surface area contributed by atoms with Gasteiger partial charge in [-0.3, -0.25) is 9.69 Å². The van der Waals surface area contributed by atoms with E-state index in [0.29, 0.717) is 37.6 Å². The van der Waals surface area contributed by atoms with Gasteiger partial charge in [-0.1, -0.05) is 10.8 Å². The Morgan fingerprint density at radius 2 is 2.14 bits per heavy atom. The number of ether oxygens (including phenoxy) is 1. The average molecular weight is 399 g/mol. The van der Waals surface area contributed by atoms with Crippen LogP contribution in [0.25, 0.3) is 0 Å². The molecule has 29 heavy (non-hydrogen) atoms. The van der Waals surface area contributed by atoms with Crippen molar-refractivity contribution in [2.24, 2.45) is 0 Å². The molecule has 2 saturated heterocycles. The summed E-state index contributed by atoms with van der Waals surface area (Å²) >= 11 is 0. The van der Waals surface area contributed by atoms with Gasteiger partial charge in [0.05, 0.1) is 30.7 Å². The number of halogens is 1. The van der Waals surface area contributed by atoms with E-state index >= 15 is 0 Å². The van der Waals surface area contributed by atoms with Crippen molar-refractivity contribution in [2.75, 3.05) is 29.4 Å². The summed E-state index contributed by atoms with van der Waals surface area (Å²) in [6, 6.07) is 4.80. The predicted molar refractivity (Wildman–Crippen MR) is 104 cm³/mol. The summed E-state index contributed by atoms with van der Waals surface area (Å²) in [7, 11) is 0. The van der Waals surface area contributed by atoms with Gasteiger partial charge < -0.3 is 9.64 Å². The van der Waals surface area contributed by atoms with Crippen LogP contribution in [-0.2, 0) is 16.1 Å². The first-order valence-corrected chi connectivity index (χ1v) is 9.56. The van der Waals surface area contributed by atoms with Gasteiger partial charge in [-0.25, -0.2) is 13.9 Å². The zero-order valence-electron chi connectivity index (χ0n) is 16.1. The molecule has 152 valence electrons. The number of hydrogen-bond donors (Lipinski definition) is 0. The zero-order chi connectivity index (χ0) is 20.4. The molecular formula is C20H22FN5O3. The van der Waals surface area contributed by atoms with E-state index in [1.165, 1.54) is 17.9 Å². The maximum Gasteiger partial charge on any atom is 0.414 e. The maximum atomic E-state index is 14.8. The van der Waals surface area contributed by atoms with Gasteiger partial charge in [0.2, 0.25) is 0 Å². The van der Waals surface area contributed by atoms with Gasteiger partial charge in [0, 0.05) is 19.3 Å². The molecule has 0 unspecified atom stereocenters. The third-order valence-corrected chi connectivity index (χ3v) is 5.13. The molecule has 0 bridgehead atoms. The number of piperidine rings is 1. The van der Waals surface area contributed by atoms with Gasteiger partial charge in [-0.15, -0.1) is 5.10 Å². The van der Waals surface area contributed by atoms with Crippen LogP contribution >= 0.6 is 0 Å². The third kappa shape index (κ3) is 4.28. The van der Waals surface area contributed by atoms with Crippen LogP contribution in [0.4, 0.5) is 20.6 Å². The Hall–Kier alpha value is -3.23. The quantitative estimate of drug-likeness (QED) is 0.719. The Labute approximate surface area is 167 Å². The number of allylic oxidation sites excluding steroid dienone is 1. The molecule has 2 fully saturated rings. The van der Waals surface area contributed by atoms with E-state index < -0.39 is 6.09 Å². The lowest BCUT2D eigenvalue weighted by Gasteiger charge is -2.31. The van der Waals surface area contributed by atoms with E-state index in [9.17, 15) is 14.0 Å². The van der Waals surface area contributed by atoms with Crippen LogP contribution in [0.1, 0.15) is 19.8 Å². The predicted octanol–water partition coefficient (Wildman–Crippen LogP) is 2.56. The van der Waals surface area contributed by atoms with Crippen LogP contribution in [0.2, 0.25) is 0 Å². The van der Waals surface area contributed by atoms with Crippen LogP contribution in [-0.4, -0.2) is 52.6 Å². The van der Waals surface area contributed by atoms with E-state index in [4.69, 9.17) is 4.74 Å². The highest BCUT2D eigenvalue weighted by atomic mass is 19.1. The highest BCUT2D eigenvalue weighted by Gasteiger charge is 2.33. The first-order valence-electron chi connectivity index (χ1n) is 9.56. The smallest absolute Gasteiger partial charge is 0.414 e. The van der Waals surface area contributed by atoms with Crippen molar-refractivity contribution in [3.8, 4) is 0 Å². The number of aromatic nitrogens is 3. The fourth-order valence-electron chi connectivity index (χ4n) is 3.75. The van der Waals surface area contributed by atoms with E-state index in [1.807, 2.05) is 4.90 Å². The van der Waals surface area contributed by atoms with E-state index in [0.717, 1.165) is 18.4 Å². The van der Waals surface area contributed by atoms with Gasteiger partial charge in [0.15, 0.2) is 5.78 Å². The summed E-state index contributed by atoms with van der Waals surface area (Å²) in [5.74, 6) is -0.336. The average Bonchev–Trinajstić information content (AvgIpc) is 3.32. The number of benzene rings is 1. The fourth-order valence-corrected chi connectivity index (χ4v) is 3.75. The Balaban J connectivity index is 1.42. The van der Waals surface area contributed by atoms with Crippen molar-refractivity contribution in [3.63, 3.8) is 0 Å². The summed E-state index contributed by atoms with van der Waals surface area (Å²) in [4.78, 5) is 26.8. The summed E-state index contributed by atoms with van der Waals surface area (Å²) in [5.41, 5.74) is 2.07. The Morgan fingerprint density at radius 1 is 1.34 bits per heavy atom. The van der Waals surface area contributed by atoms with Crippen molar-refractivity contribution in [1.29, 1.82) is 0 Å². The number of amides is 1. The van der Waals surface area contributed by atoms with Crippen molar-refractivity contribution >= 4 is 23.3 Å². The molecule has 9 heteroatoms. The first-order chi connectivity index (χ1) is 14.0. The molecule has 0 spiro atoms. The van der Waals surface area contributed by atoms with Crippen LogP contribution in [0.5, 0.6) is 0 Å². The van der Waals surface area contributed by atoms with Crippen molar-refractivity contribution in [2.45, 2.75) is 32.4 Å². The number of ketones is 1. The molecule has 4 rings (SSSR count). The summed E-state index contributed by atoms with van der Waals surface area (Å²) in [6.07, 6.45) is 5.53. The lowest BCUT2D eigenvalue weighted by molar-refractivity contribution is -0.112. The Bertz CT molecular complexity index is 934. The minimum absolute atomic E-state index is 0.0450. The summed E-state index contributed by atoms with van der Waals surface area (Å²) < 4.78 is 21.8. The number of rotatable bonds is 5. The number of carbonyl (C=O) groups excluding carboxylic acids is 2. The molecule has 0 N–H and O–H groups in total. The highest BCUT2D eigenvalue weighted by molar-refractivity contribution is 5.90. The third-order valence-electron chi connectivity index (χ3n) is 5.13. The number of anilines is 2. The van der Waals surface area contributed by atoms with Crippen LogP contribution in [0, 0.1) is 5.82 Å².